The highest BCUT2D eigenvalue weighted by molar-refractivity contribution is 7.47. The van der Waals surface area contributed by atoms with E-state index in [1.165, 1.54) is 0 Å². The molecule has 1 N–H and O–H groups in total. The monoisotopic (exact) mass is 250 g/mol. The second-order valence-corrected chi connectivity index (χ2v) is 5.00. The Balaban J connectivity index is 3.82. The Morgan fingerprint density at radius 1 is 1.54 bits per heavy atom. The summed E-state index contributed by atoms with van der Waals surface area (Å²) in [6.07, 6.45) is -0.374. The van der Waals surface area contributed by atoms with Crippen molar-refractivity contribution in [1.82, 2.24) is 0 Å². The molecule has 0 aliphatic heterocycles. The van der Waals surface area contributed by atoms with Gasteiger partial charge in [-0.3, -0.25) is 9.05 Å². The molecule has 0 aliphatic carbocycles. The fourth-order valence-corrected chi connectivity index (χ4v) is 1.72. The second-order valence-electron chi connectivity index (χ2n) is 2.67. The average molecular weight is 251 g/mol. The molecule has 0 rings (SSSR count). The van der Waals surface area contributed by atoms with Gasteiger partial charge in [-0.15, -0.1) is 23.2 Å². The van der Waals surface area contributed by atoms with Gasteiger partial charge in [0.1, 0.15) is 0 Å². The van der Waals surface area contributed by atoms with Crippen LogP contribution in [-0.4, -0.2) is 28.9 Å². The van der Waals surface area contributed by atoms with Gasteiger partial charge in [0, 0.05) is 5.88 Å². The molecule has 2 unspecified atom stereocenters. The Bertz CT molecular complexity index is 187. The first-order valence-electron chi connectivity index (χ1n) is 3.73. The first kappa shape index (κ1) is 13.7. The first-order chi connectivity index (χ1) is 5.87. The molecule has 0 heterocycles. The molecule has 0 saturated carbocycles. The van der Waals surface area contributed by atoms with E-state index in [-0.39, 0.29) is 18.6 Å². The summed E-state index contributed by atoms with van der Waals surface area (Å²) < 4.78 is 20.2. The third kappa shape index (κ3) is 7.74. The SMILES string of the molecule is CC(C)OP(=O)(O)OCC(Cl)CCl. The highest BCUT2D eigenvalue weighted by Crippen LogP contribution is 2.44. The van der Waals surface area contributed by atoms with Gasteiger partial charge < -0.3 is 4.89 Å². The normalized spacial score (nSPS) is 18.6. The van der Waals surface area contributed by atoms with E-state index >= 15 is 0 Å². The summed E-state index contributed by atoms with van der Waals surface area (Å²) in [4.78, 5) is 9.04. The molecule has 13 heavy (non-hydrogen) atoms. The van der Waals surface area contributed by atoms with Crippen LogP contribution in [0.3, 0.4) is 0 Å². The van der Waals surface area contributed by atoms with Crippen molar-refractivity contribution in [2.24, 2.45) is 0 Å². The van der Waals surface area contributed by atoms with Crippen LogP contribution in [0, 0.1) is 0 Å². The Hall–Kier alpha value is 0.690. The van der Waals surface area contributed by atoms with E-state index < -0.39 is 13.2 Å². The number of alkyl halides is 2. The maximum absolute atomic E-state index is 11.1. The van der Waals surface area contributed by atoms with E-state index in [0.29, 0.717) is 0 Å². The van der Waals surface area contributed by atoms with Crippen molar-refractivity contribution in [2.75, 3.05) is 12.5 Å². The Morgan fingerprint density at radius 2 is 2.08 bits per heavy atom. The van der Waals surface area contributed by atoms with Crippen LogP contribution in [0.4, 0.5) is 0 Å². The first-order valence-corrected chi connectivity index (χ1v) is 6.20. The van der Waals surface area contributed by atoms with Gasteiger partial charge in [0.25, 0.3) is 0 Å². The molecule has 0 aromatic heterocycles. The number of hydrogen-bond donors (Lipinski definition) is 1. The van der Waals surface area contributed by atoms with Gasteiger partial charge >= 0.3 is 7.82 Å². The van der Waals surface area contributed by atoms with Crippen molar-refractivity contribution in [1.29, 1.82) is 0 Å². The largest absolute Gasteiger partial charge is 0.472 e. The second kappa shape index (κ2) is 6.23. The maximum Gasteiger partial charge on any atom is 0.472 e. The standard InChI is InChI=1S/C6H13Cl2O4P/c1-5(2)12-13(9,10)11-4-6(8)3-7/h5-6H,3-4H2,1-2H3,(H,9,10). The lowest BCUT2D eigenvalue weighted by Gasteiger charge is -2.15. The molecule has 0 spiro atoms. The molecule has 4 nitrogen and oxygen atoms in total. The van der Waals surface area contributed by atoms with E-state index in [9.17, 15) is 4.57 Å². The number of hydrogen-bond acceptors (Lipinski definition) is 3. The van der Waals surface area contributed by atoms with Crippen molar-refractivity contribution in [3.8, 4) is 0 Å². The third-order valence-corrected chi connectivity index (χ3v) is 2.90. The molecule has 80 valence electrons. The minimum Gasteiger partial charge on any atom is -0.302 e. The van der Waals surface area contributed by atoms with Crippen LogP contribution in [0.5, 0.6) is 0 Å². The minimum absolute atomic E-state index is 0.106. The van der Waals surface area contributed by atoms with Crippen molar-refractivity contribution in [2.45, 2.75) is 25.3 Å². The fourth-order valence-electron chi connectivity index (χ4n) is 0.516. The van der Waals surface area contributed by atoms with Gasteiger partial charge in [0.05, 0.1) is 18.1 Å². The summed E-state index contributed by atoms with van der Waals surface area (Å²) in [6, 6.07) is 0. The zero-order chi connectivity index (χ0) is 10.5. The van der Waals surface area contributed by atoms with Crippen LogP contribution >= 0.6 is 31.0 Å². The number of rotatable bonds is 6. The maximum atomic E-state index is 11.1. The summed E-state index contributed by atoms with van der Waals surface area (Å²) >= 11 is 10.9. The topological polar surface area (TPSA) is 55.8 Å². The summed E-state index contributed by atoms with van der Waals surface area (Å²) in [5, 5.41) is -0.488. The van der Waals surface area contributed by atoms with Crippen LogP contribution in [0.1, 0.15) is 13.8 Å². The average Bonchev–Trinajstić information content (AvgIpc) is 1.98. The van der Waals surface area contributed by atoms with E-state index in [2.05, 4.69) is 9.05 Å². The third-order valence-electron chi connectivity index (χ3n) is 0.930. The summed E-state index contributed by atoms with van der Waals surface area (Å²) in [6.45, 7) is 3.16. The molecule has 0 aromatic carbocycles. The molecule has 7 heteroatoms. The molecule has 0 amide bonds. The van der Waals surface area contributed by atoms with Crippen LogP contribution in [0.25, 0.3) is 0 Å². The quantitative estimate of drug-likeness (QED) is 0.581. The van der Waals surface area contributed by atoms with E-state index in [0.717, 1.165) is 0 Å². The molecule has 0 saturated heterocycles. The van der Waals surface area contributed by atoms with E-state index in [1.807, 2.05) is 0 Å². The summed E-state index contributed by atoms with van der Waals surface area (Å²) in [7, 11) is -3.96. The van der Waals surface area contributed by atoms with Gasteiger partial charge in [0.2, 0.25) is 0 Å². The molecule has 0 radical (unpaired) electrons. The summed E-state index contributed by atoms with van der Waals surface area (Å²) in [5.41, 5.74) is 0. The van der Waals surface area contributed by atoms with Crippen LogP contribution < -0.4 is 0 Å². The van der Waals surface area contributed by atoms with Gasteiger partial charge in [-0.1, -0.05) is 0 Å². The highest BCUT2D eigenvalue weighted by atomic mass is 35.5. The van der Waals surface area contributed by atoms with Crippen LogP contribution in [-0.2, 0) is 13.6 Å². The predicted molar refractivity (Wildman–Crippen MR) is 52.4 cm³/mol. The smallest absolute Gasteiger partial charge is 0.302 e. The number of phosphoric acid groups is 1. The number of halogens is 2. The molecular formula is C6H13Cl2O4P. The molecule has 0 fully saturated rings. The van der Waals surface area contributed by atoms with Gasteiger partial charge in [0.15, 0.2) is 0 Å². The molecule has 0 aromatic rings. The summed E-state index contributed by atoms with van der Waals surface area (Å²) in [5.74, 6) is 0.156. The minimum atomic E-state index is -3.96. The zero-order valence-corrected chi connectivity index (χ0v) is 9.85. The Morgan fingerprint density at radius 3 is 2.46 bits per heavy atom. The van der Waals surface area contributed by atoms with Gasteiger partial charge in [-0.05, 0) is 13.8 Å². The van der Waals surface area contributed by atoms with E-state index in [1.54, 1.807) is 13.8 Å². The lowest BCUT2D eigenvalue weighted by Crippen LogP contribution is -2.11. The molecule has 0 bridgehead atoms. The Kier molecular flexibility index (Phi) is 6.56. The van der Waals surface area contributed by atoms with E-state index in [4.69, 9.17) is 28.1 Å². The number of phosphoric ester groups is 1. The lowest BCUT2D eigenvalue weighted by atomic mass is 10.5. The van der Waals surface area contributed by atoms with Crippen molar-refractivity contribution >= 4 is 31.0 Å². The van der Waals surface area contributed by atoms with Crippen molar-refractivity contribution < 1.29 is 18.5 Å². The molecular weight excluding hydrogens is 238 g/mol. The zero-order valence-electron chi connectivity index (χ0n) is 7.44. The van der Waals surface area contributed by atoms with Crippen molar-refractivity contribution in [3.05, 3.63) is 0 Å². The highest BCUT2D eigenvalue weighted by Gasteiger charge is 2.23. The lowest BCUT2D eigenvalue weighted by molar-refractivity contribution is 0.122. The van der Waals surface area contributed by atoms with Crippen molar-refractivity contribution in [3.63, 3.8) is 0 Å². The van der Waals surface area contributed by atoms with Crippen LogP contribution in [0.15, 0.2) is 0 Å². The van der Waals surface area contributed by atoms with Crippen LogP contribution in [0.2, 0.25) is 0 Å². The Labute approximate surface area is 87.7 Å². The molecule has 2 atom stereocenters. The fraction of sp³-hybridized carbons (Fsp3) is 1.00. The predicted octanol–water partition coefficient (Wildman–Crippen LogP) is 2.37. The molecule has 0 aliphatic rings. The van der Waals surface area contributed by atoms with Gasteiger partial charge in [-0.2, -0.15) is 0 Å². The van der Waals surface area contributed by atoms with Gasteiger partial charge in [-0.25, -0.2) is 4.57 Å².